The van der Waals surface area contributed by atoms with Crippen molar-refractivity contribution in [1.82, 2.24) is 9.13 Å². The van der Waals surface area contributed by atoms with Gasteiger partial charge in [0.15, 0.2) is 0 Å². The van der Waals surface area contributed by atoms with Crippen LogP contribution in [0, 0.1) is 10.1 Å². The number of nitro benzene ring substituents is 1. The van der Waals surface area contributed by atoms with E-state index in [9.17, 15) is 19.7 Å². The molecule has 1 heterocycles. The van der Waals surface area contributed by atoms with E-state index < -0.39 is 16.0 Å². The maximum absolute atomic E-state index is 11.8. The van der Waals surface area contributed by atoms with Gasteiger partial charge in [0.05, 0.1) is 11.5 Å². The van der Waals surface area contributed by atoms with Gasteiger partial charge in [-0.05, 0) is 11.6 Å². The van der Waals surface area contributed by atoms with Crippen molar-refractivity contribution < 1.29 is 4.92 Å². The van der Waals surface area contributed by atoms with Crippen molar-refractivity contribution in [3.63, 3.8) is 0 Å². The SMILES string of the molecule is CNc1cc(Cn2ccn(C)c(=O)c2=O)ccc1[N+](=O)[O-]. The average molecular weight is 290 g/mol. The Labute approximate surface area is 119 Å². The Morgan fingerprint density at radius 2 is 1.95 bits per heavy atom. The van der Waals surface area contributed by atoms with E-state index in [0.29, 0.717) is 11.3 Å². The van der Waals surface area contributed by atoms with Crippen molar-refractivity contribution in [3.8, 4) is 0 Å². The molecular weight excluding hydrogens is 276 g/mol. The van der Waals surface area contributed by atoms with Crippen LogP contribution in [0.2, 0.25) is 0 Å². The van der Waals surface area contributed by atoms with Gasteiger partial charge in [-0.15, -0.1) is 0 Å². The molecule has 0 amide bonds. The molecule has 0 saturated carbocycles. The first-order chi connectivity index (χ1) is 9.93. The van der Waals surface area contributed by atoms with Crippen LogP contribution in [0.25, 0.3) is 0 Å². The summed E-state index contributed by atoms with van der Waals surface area (Å²) in [6, 6.07) is 4.51. The number of hydrogen-bond donors (Lipinski definition) is 1. The predicted octanol–water partition coefficient (Wildman–Crippen LogP) is 0.545. The topological polar surface area (TPSA) is 99.2 Å². The van der Waals surface area contributed by atoms with Gasteiger partial charge < -0.3 is 14.5 Å². The first-order valence-corrected chi connectivity index (χ1v) is 6.15. The van der Waals surface area contributed by atoms with E-state index in [-0.39, 0.29) is 12.2 Å². The molecule has 0 spiro atoms. The Morgan fingerprint density at radius 3 is 2.57 bits per heavy atom. The van der Waals surface area contributed by atoms with Gasteiger partial charge in [-0.3, -0.25) is 19.7 Å². The minimum absolute atomic E-state index is 0.0439. The second kappa shape index (κ2) is 5.61. The zero-order valence-corrected chi connectivity index (χ0v) is 11.6. The highest BCUT2D eigenvalue weighted by Crippen LogP contribution is 2.25. The van der Waals surface area contributed by atoms with Crippen LogP contribution in [0.5, 0.6) is 0 Å². The second-order valence-electron chi connectivity index (χ2n) is 4.51. The molecule has 0 atom stereocenters. The van der Waals surface area contributed by atoms with Crippen LogP contribution in [0.4, 0.5) is 11.4 Å². The van der Waals surface area contributed by atoms with Gasteiger partial charge in [0, 0.05) is 32.6 Å². The number of nitrogens with zero attached hydrogens (tertiary/aromatic N) is 3. The lowest BCUT2D eigenvalue weighted by atomic mass is 10.1. The first-order valence-electron chi connectivity index (χ1n) is 6.15. The molecule has 8 nitrogen and oxygen atoms in total. The van der Waals surface area contributed by atoms with Crippen LogP contribution in [0.3, 0.4) is 0 Å². The minimum Gasteiger partial charge on any atom is -0.383 e. The molecule has 1 aromatic carbocycles. The smallest absolute Gasteiger partial charge is 0.316 e. The zero-order chi connectivity index (χ0) is 15.6. The maximum atomic E-state index is 11.8. The highest BCUT2D eigenvalue weighted by Gasteiger charge is 2.13. The quantitative estimate of drug-likeness (QED) is 0.503. The number of anilines is 1. The standard InChI is InChI=1S/C13H14N4O4/c1-14-10-7-9(3-4-11(10)17(20)21)8-16-6-5-15(2)12(18)13(16)19/h3-7,14H,8H2,1-2H3. The molecule has 0 saturated heterocycles. The number of nitrogens with one attached hydrogen (secondary N) is 1. The Hall–Kier alpha value is -2.90. The van der Waals surface area contributed by atoms with Crippen LogP contribution in [-0.2, 0) is 13.6 Å². The fourth-order valence-electron chi connectivity index (χ4n) is 1.95. The minimum atomic E-state index is -0.635. The Balaban J connectivity index is 2.41. The monoisotopic (exact) mass is 290 g/mol. The molecule has 1 aromatic heterocycles. The number of benzene rings is 1. The molecular formula is C13H14N4O4. The van der Waals surface area contributed by atoms with Gasteiger partial charge in [-0.2, -0.15) is 0 Å². The van der Waals surface area contributed by atoms with Crippen LogP contribution in [0.15, 0.2) is 40.2 Å². The van der Waals surface area contributed by atoms with Crippen LogP contribution < -0.4 is 16.4 Å². The fourth-order valence-corrected chi connectivity index (χ4v) is 1.95. The van der Waals surface area contributed by atoms with Crippen molar-refractivity contribution in [3.05, 3.63) is 67.0 Å². The summed E-state index contributed by atoms with van der Waals surface area (Å²) in [6.45, 7) is 0.168. The van der Waals surface area contributed by atoms with Gasteiger partial charge in [0.25, 0.3) is 5.69 Å². The third-order valence-corrected chi connectivity index (χ3v) is 3.11. The first kappa shape index (κ1) is 14.5. The lowest BCUT2D eigenvalue weighted by Crippen LogP contribution is -2.39. The molecule has 0 aliphatic rings. The van der Waals surface area contributed by atoms with Crippen LogP contribution >= 0.6 is 0 Å². The molecule has 0 aliphatic carbocycles. The molecule has 0 aliphatic heterocycles. The van der Waals surface area contributed by atoms with E-state index >= 15 is 0 Å². The van der Waals surface area contributed by atoms with Crippen molar-refractivity contribution in [2.75, 3.05) is 12.4 Å². The zero-order valence-electron chi connectivity index (χ0n) is 11.6. The normalized spacial score (nSPS) is 10.4. The summed E-state index contributed by atoms with van der Waals surface area (Å²) in [4.78, 5) is 33.8. The highest BCUT2D eigenvalue weighted by atomic mass is 16.6. The number of aryl methyl sites for hydroxylation is 1. The average Bonchev–Trinajstić information content (AvgIpc) is 2.47. The van der Waals surface area contributed by atoms with Gasteiger partial charge in [-0.1, -0.05) is 6.07 Å². The van der Waals surface area contributed by atoms with E-state index in [0.717, 1.165) is 0 Å². The van der Waals surface area contributed by atoms with E-state index in [4.69, 9.17) is 0 Å². The van der Waals surface area contributed by atoms with E-state index in [1.807, 2.05) is 0 Å². The number of nitro groups is 1. The second-order valence-corrected chi connectivity index (χ2v) is 4.51. The molecule has 1 N–H and O–H groups in total. The fraction of sp³-hybridized carbons (Fsp3) is 0.231. The lowest BCUT2D eigenvalue weighted by molar-refractivity contribution is -0.383. The molecule has 8 heteroatoms. The molecule has 0 bridgehead atoms. The molecule has 0 radical (unpaired) electrons. The van der Waals surface area contributed by atoms with Crippen molar-refractivity contribution >= 4 is 11.4 Å². The molecule has 2 aromatic rings. The third-order valence-electron chi connectivity index (χ3n) is 3.11. The third kappa shape index (κ3) is 2.83. The summed E-state index contributed by atoms with van der Waals surface area (Å²) in [5.74, 6) is 0. The molecule has 21 heavy (non-hydrogen) atoms. The van der Waals surface area contributed by atoms with Gasteiger partial charge in [0.1, 0.15) is 5.69 Å². The summed E-state index contributed by atoms with van der Waals surface area (Å²) in [6.07, 6.45) is 3.00. The Bertz CT molecular complexity index is 807. The van der Waals surface area contributed by atoms with E-state index in [1.54, 1.807) is 19.2 Å². The largest absolute Gasteiger partial charge is 0.383 e. The van der Waals surface area contributed by atoms with E-state index in [1.165, 1.54) is 34.6 Å². The summed E-state index contributed by atoms with van der Waals surface area (Å²) in [5, 5.41) is 13.6. The van der Waals surface area contributed by atoms with E-state index in [2.05, 4.69) is 5.32 Å². The summed E-state index contributed by atoms with van der Waals surface area (Å²) >= 11 is 0. The molecule has 2 rings (SSSR count). The number of aromatic nitrogens is 2. The maximum Gasteiger partial charge on any atom is 0.316 e. The lowest BCUT2D eigenvalue weighted by Gasteiger charge is -2.08. The highest BCUT2D eigenvalue weighted by molar-refractivity contribution is 5.62. The number of hydrogen-bond acceptors (Lipinski definition) is 5. The van der Waals surface area contributed by atoms with Gasteiger partial charge >= 0.3 is 11.1 Å². The summed E-state index contributed by atoms with van der Waals surface area (Å²) in [5.41, 5.74) is -0.259. The van der Waals surface area contributed by atoms with Crippen LogP contribution in [-0.4, -0.2) is 21.1 Å². The molecule has 110 valence electrons. The van der Waals surface area contributed by atoms with Crippen molar-refractivity contribution in [2.24, 2.45) is 7.05 Å². The van der Waals surface area contributed by atoms with Gasteiger partial charge in [0.2, 0.25) is 0 Å². The summed E-state index contributed by atoms with van der Waals surface area (Å²) < 4.78 is 2.47. The Morgan fingerprint density at radius 1 is 1.24 bits per heavy atom. The van der Waals surface area contributed by atoms with Crippen molar-refractivity contribution in [2.45, 2.75) is 6.54 Å². The number of rotatable bonds is 4. The van der Waals surface area contributed by atoms with Crippen LogP contribution in [0.1, 0.15) is 5.56 Å². The molecule has 0 fully saturated rings. The van der Waals surface area contributed by atoms with Gasteiger partial charge in [-0.25, -0.2) is 0 Å². The summed E-state index contributed by atoms with van der Waals surface area (Å²) in [7, 11) is 3.08. The Kier molecular flexibility index (Phi) is 3.88. The predicted molar refractivity (Wildman–Crippen MR) is 77.7 cm³/mol. The van der Waals surface area contributed by atoms with Crippen molar-refractivity contribution in [1.29, 1.82) is 0 Å². The molecule has 0 unspecified atom stereocenters.